The number of hydrogen-bond donors (Lipinski definition) is 2. The maximum atomic E-state index is 12.6. The Morgan fingerprint density at radius 1 is 1.27 bits per heavy atom. The van der Waals surface area contributed by atoms with Gasteiger partial charge in [-0.1, -0.05) is 12.1 Å². The van der Waals surface area contributed by atoms with Crippen LogP contribution in [0, 0.1) is 10.1 Å². The van der Waals surface area contributed by atoms with E-state index in [2.05, 4.69) is 15.6 Å². The predicted octanol–water partition coefficient (Wildman–Crippen LogP) is 2.58. The molecule has 1 heterocycles. The molecule has 1 fully saturated rings. The molecule has 2 N–H and O–H groups in total. The molecule has 0 radical (unpaired) electrons. The van der Waals surface area contributed by atoms with Gasteiger partial charge in [-0.2, -0.15) is 17.5 Å². The number of aliphatic imine (C=N–C) groups is 1. The lowest BCUT2D eigenvalue weighted by atomic mass is 10.1. The van der Waals surface area contributed by atoms with Crippen LogP contribution in [0.3, 0.4) is 0 Å². The first-order chi connectivity index (χ1) is 13.5. The van der Waals surface area contributed by atoms with Crippen molar-refractivity contribution in [1.82, 2.24) is 14.9 Å². The number of hydrogen-bond acceptors (Lipinski definition) is 5. The number of nitrogens with zero attached hydrogens (tertiary/aromatic N) is 3. The molecule has 1 aromatic rings. The zero-order valence-electron chi connectivity index (χ0n) is 16.1. The normalized spacial score (nSPS) is 16.6. The second-order valence-corrected chi connectivity index (χ2v) is 8.32. The largest absolute Gasteiger partial charge is 0.511 e. The summed E-state index contributed by atoms with van der Waals surface area (Å²) in [5.74, 6) is 0.433. The van der Waals surface area contributed by atoms with Crippen LogP contribution in [0.1, 0.15) is 25.3 Å². The van der Waals surface area contributed by atoms with Gasteiger partial charge >= 0.3 is 15.5 Å². The Morgan fingerprint density at radius 2 is 1.83 bits per heavy atom. The first-order valence-corrected chi connectivity index (χ1v) is 10.3. The Hall–Kier alpha value is -1.68. The molecule has 0 atom stereocenters. The third-order valence-electron chi connectivity index (χ3n) is 4.34. The second-order valence-electron chi connectivity index (χ2n) is 6.39. The molecule has 14 heteroatoms. The minimum Gasteiger partial charge on any atom is -0.357 e. The molecule has 0 aliphatic carbocycles. The molecule has 170 valence electrons. The van der Waals surface area contributed by atoms with Crippen molar-refractivity contribution in [1.29, 1.82) is 0 Å². The van der Waals surface area contributed by atoms with Crippen LogP contribution in [0.25, 0.3) is 0 Å². The van der Waals surface area contributed by atoms with Crippen LogP contribution in [0.4, 0.5) is 18.9 Å². The maximum Gasteiger partial charge on any atom is 0.511 e. The summed E-state index contributed by atoms with van der Waals surface area (Å²) in [4.78, 5) is 14.6. The fraction of sp³-hybridized carbons (Fsp3) is 0.562. The van der Waals surface area contributed by atoms with Gasteiger partial charge in [-0.25, -0.2) is 13.4 Å². The van der Waals surface area contributed by atoms with Crippen LogP contribution < -0.4 is 10.6 Å². The lowest BCUT2D eigenvalue weighted by molar-refractivity contribution is -0.384. The molecular formula is C16H23F3IN5O4S. The van der Waals surface area contributed by atoms with Gasteiger partial charge < -0.3 is 10.6 Å². The van der Waals surface area contributed by atoms with Crippen LogP contribution >= 0.6 is 24.0 Å². The number of nitro groups is 1. The summed E-state index contributed by atoms with van der Waals surface area (Å²) in [6, 6.07) is 5.70. The average Bonchev–Trinajstić information content (AvgIpc) is 2.66. The number of guanidine groups is 1. The summed E-state index contributed by atoms with van der Waals surface area (Å²) in [5, 5.41) is 16.8. The van der Waals surface area contributed by atoms with E-state index in [4.69, 9.17) is 0 Å². The Kier molecular flexibility index (Phi) is 9.74. The summed E-state index contributed by atoms with van der Waals surface area (Å²) < 4.78 is 61.3. The van der Waals surface area contributed by atoms with E-state index in [0.717, 1.165) is 5.56 Å². The monoisotopic (exact) mass is 565 g/mol. The molecule has 1 aromatic carbocycles. The van der Waals surface area contributed by atoms with Crippen molar-refractivity contribution < 1.29 is 26.5 Å². The number of halogens is 4. The number of nitrogens with one attached hydrogen (secondary N) is 2. The average molecular weight is 565 g/mol. The SMILES string of the molecule is CCNC(=NCc1ccc([N+](=O)[O-])cc1)NC1CCN(S(=O)(=O)C(F)(F)F)CC1.I. The molecule has 0 saturated carbocycles. The molecule has 0 amide bonds. The van der Waals surface area contributed by atoms with Gasteiger partial charge in [0.05, 0.1) is 11.5 Å². The molecule has 2 rings (SSSR count). The van der Waals surface area contributed by atoms with Crippen LogP contribution in [-0.2, 0) is 16.6 Å². The van der Waals surface area contributed by atoms with Gasteiger partial charge in [0.15, 0.2) is 5.96 Å². The Labute approximate surface area is 189 Å². The van der Waals surface area contributed by atoms with Gasteiger partial charge in [-0.15, -0.1) is 24.0 Å². The summed E-state index contributed by atoms with van der Waals surface area (Å²) in [6.07, 6.45) is 0.411. The Balaban J connectivity index is 0.00000450. The highest BCUT2D eigenvalue weighted by atomic mass is 127. The Bertz CT molecular complexity index is 841. The number of nitro benzene ring substituents is 1. The number of piperidine rings is 1. The van der Waals surface area contributed by atoms with Gasteiger partial charge in [0.25, 0.3) is 5.69 Å². The topological polar surface area (TPSA) is 117 Å². The molecule has 30 heavy (non-hydrogen) atoms. The smallest absolute Gasteiger partial charge is 0.357 e. The van der Waals surface area contributed by atoms with Crippen molar-refractivity contribution in [2.45, 2.75) is 37.9 Å². The number of non-ortho nitro benzene ring substituents is 1. The van der Waals surface area contributed by atoms with Crippen molar-refractivity contribution in [3.8, 4) is 0 Å². The standard InChI is InChI=1S/C16H22F3N5O4S.HI/c1-2-20-15(21-11-12-3-5-14(6-4-12)24(25)26)22-13-7-9-23(10-8-13)29(27,28)16(17,18)19;/h3-6,13H,2,7-11H2,1H3,(H2,20,21,22);1H. The minimum absolute atomic E-state index is 0. The first kappa shape index (κ1) is 26.4. The van der Waals surface area contributed by atoms with E-state index in [1.807, 2.05) is 6.92 Å². The zero-order valence-corrected chi connectivity index (χ0v) is 19.2. The van der Waals surface area contributed by atoms with E-state index in [9.17, 15) is 31.7 Å². The molecule has 0 spiro atoms. The molecular weight excluding hydrogens is 542 g/mol. The second kappa shape index (κ2) is 11.1. The fourth-order valence-corrected chi connectivity index (χ4v) is 3.78. The number of alkyl halides is 3. The van der Waals surface area contributed by atoms with E-state index < -0.39 is 20.5 Å². The minimum atomic E-state index is -5.31. The van der Waals surface area contributed by atoms with Gasteiger partial charge in [0.1, 0.15) is 0 Å². The van der Waals surface area contributed by atoms with Crippen LogP contribution in [-0.4, -0.2) is 54.8 Å². The summed E-state index contributed by atoms with van der Waals surface area (Å²) in [7, 11) is -5.31. The van der Waals surface area contributed by atoms with Crippen molar-refractivity contribution in [2.75, 3.05) is 19.6 Å². The van der Waals surface area contributed by atoms with Gasteiger partial charge in [0, 0.05) is 37.8 Å². The quantitative estimate of drug-likeness (QED) is 0.180. The summed E-state index contributed by atoms with van der Waals surface area (Å²) in [5.41, 5.74) is -4.57. The first-order valence-electron chi connectivity index (χ1n) is 8.89. The molecule has 1 saturated heterocycles. The lowest BCUT2D eigenvalue weighted by Crippen LogP contribution is -2.51. The van der Waals surface area contributed by atoms with Crippen molar-refractivity contribution in [3.63, 3.8) is 0 Å². The van der Waals surface area contributed by atoms with E-state index >= 15 is 0 Å². The summed E-state index contributed by atoms with van der Waals surface area (Å²) >= 11 is 0. The van der Waals surface area contributed by atoms with Crippen molar-refractivity contribution in [2.24, 2.45) is 4.99 Å². The molecule has 1 aliphatic heterocycles. The van der Waals surface area contributed by atoms with Gasteiger partial charge in [0.2, 0.25) is 0 Å². The molecule has 1 aliphatic rings. The zero-order chi connectivity index (χ0) is 21.7. The van der Waals surface area contributed by atoms with E-state index in [0.29, 0.717) is 16.8 Å². The third-order valence-corrected chi connectivity index (χ3v) is 5.97. The summed E-state index contributed by atoms with van der Waals surface area (Å²) in [6.45, 7) is 2.17. The highest BCUT2D eigenvalue weighted by Gasteiger charge is 2.50. The lowest BCUT2D eigenvalue weighted by Gasteiger charge is -2.32. The third kappa shape index (κ3) is 6.94. The number of sulfonamides is 1. The highest BCUT2D eigenvalue weighted by Crippen LogP contribution is 2.28. The van der Waals surface area contributed by atoms with Gasteiger partial charge in [-0.05, 0) is 25.3 Å². The maximum absolute atomic E-state index is 12.6. The van der Waals surface area contributed by atoms with Gasteiger partial charge in [-0.3, -0.25) is 10.1 Å². The predicted molar refractivity (Wildman–Crippen MR) is 116 cm³/mol. The molecule has 0 bridgehead atoms. The van der Waals surface area contributed by atoms with Crippen molar-refractivity contribution >= 4 is 45.6 Å². The van der Waals surface area contributed by atoms with E-state index in [1.54, 1.807) is 12.1 Å². The van der Waals surface area contributed by atoms with E-state index in [-0.39, 0.29) is 68.2 Å². The van der Waals surface area contributed by atoms with Crippen LogP contribution in [0.15, 0.2) is 29.3 Å². The molecule has 0 unspecified atom stereocenters. The van der Waals surface area contributed by atoms with Crippen LogP contribution in [0.5, 0.6) is 0 Å². The molecule has 0 aromatic heterocycles. The van der Waals surface area contributed by atoms with Crippen LogP contribution in [0.2, 0.25) is 0 Å². The van der Waals surface area contributed by atoms with E-state index in [1.165, 1.54) is 12.1 Å². The highest BCUT2D eigenvalue weighted by molar-refractivity contribution is 14.0. The number of rotatable bonds is 6. The fourth-order valence-electron chi connectivity index (χ4n) is 2.79. The molecule has 9 nitrogen and oxygen atoms in total. The Morgan fingerprint density at radius 3 is 2.30 bits per heavy atom. The number of benzene rings is 1. The van der Waals surface area contributed by atoms with Crippen molar-refractivity contribution in [3.05, 3.63) is 39.9 Å².